The van der Waals surface area contributed by atoms with Crippen LogP contribution in [0.25, 0.3) is 0 Å². The normalized spacial score (nSPS) is 15.7. The lowest BCUT2D eigenvalue weighted by atomic mass is 10.1. The summed E-state index contributed by atoms with van der Waals surface area (Å²) in [7, 11) is 3.32. The van der Waals surface area contributed by atoms with Crippen LogP contribution in [0.2, 0.25) is 0 Å². The van der Waals surface area contributed by atoms with E-state index in [1.165, 1.54) is 5.56 Å². The molecule has 4 nitrogen and oxygen atoms in total. The fraction of sp³-hybridized carbons (Fsp3) is 0.538. The average molecular weight is 352 g/mol. The van der Waals surface area contributed by atoms with Gasteiger partial charge in [0.1, 0.15) is 0 Å². The molecule has 0 radical (unpaired) electrons. The minimum absolute atomic E-state index is 0. The molecule has 1 aliphatic heterocycles. The quantitative estimate of drug-likeness (QED) is 0.902. The Balaban J connectivity index is 0.00000180. The van der Waals surface area contributed by atoms with Crippen molar-refractivity contribution in [1.29, 1.82) is 0 Å². The Morgan fingerprint density at radius 1 is 1.16 bits per heavy atom. The number of methoxy groups -OCH3 is 2. The van der Waals surface area contributed by atoms with Crippen LogP contribution in [0, 0.1) is 0 Å². The second-order valence-corrected chi connectivity index (χ2v) is 5.18. The Morgan fingerprint density at radius 3 is 2.32 bits per heavy atom. The molecule has 0 saturated carbocycles. The standard InChI is InChI=1S/C13H19BrN2O2.ClH/c1-17-12-7-10(11(14)8-13(12)18-2)9-16-5-3-15-4-6-16;/h7-8,15H,3-6,9H2,1-2H3;1H. The third-order valence-electron chi connectivity index (χ3n) is 3.16. The molecule has 0 atom stereocenters. The second-order valence-electron chi connectivity index (χ2n) is 4.32. The van der Waals surface area contributed by atoms with E-state index in [1.54, 1.807) is 14.2 Å². The van der Waals surface area contributed by atoms with Crippen molar-refractivity contribution in [2.75, 3.05) is 40.4 Å². The Hall–Kier alpha value is -0.490. The van der Waals surface area contributed by atoms with Gasteiger partial charge in [0.05, 0.1) is 14.2 Å². The van der Waals surface area contributed by atoms with E-state index in [0.717, 1.165) is 48.7 Å². The van der Waals surface area contributed by atoms with E-state index < -0.39 is 0 Å². The number of nitrogens with zero attached hydrogens (tertiary/aromatic N) is 1. The molecule has 0 aromatic heterocycles. The molecule has 6 heteroatoms. The van der Waals surface area contributed by atoms with E-state index in [4.69, 9.17) is 9.47 Å². The van der Waals surface area contributed by atoms with Crippen molar-refractivity contribution < 1.29 is 9.47 Å². The van der Waals surface area contributed by atoms with E-state index in [-0.39, 0.29) is 12.4 Å². The number of piperazine rings is 1. The molecule has 108 valence electrons. The highest BCUT2D eigenvalue weighted by molar-refractivity contribution is 9.10. The molecule has 0 spiro atoms. The number of halogens is 2. The van der Waals surface area contributed by atoms with Crippen molar-refractivity contribution in [3.63, 3.8) is 0 Å². The zero-order valence-corrected chi connectivity index (χ0v) is 13.6. The summed E-state index contributed by atoms with van der Waals surface area (Å²) in [5.74, 6) is 1.54. The SMILES string of the molecule is COc1cc(Br)c(CN2CCNCC2)cc1OC.Cl. The summed E-state index contributed by atoms with van der Waals surface area (Å²) in [6.45, 7) is 5.22. The molecule has 1 heterocycles. The number of benzene rings is 1. The largest absolute Gasteiger partial charge is 0.493 e. The molecule has 1 aromatic carbocycles. The van der Waals surface area contributed by atoms with Crippen LogP contribution in [0.5, 0.6) is 11.5 Å². The number of rotatable bonds is 4. The average Bonchev–Trinajstić information content (AvgIpc) is 2.41. The monoisotopic (exact) mass is 350 g/mol. The summed E-state index contributed by atoms with van der Waals surface area (Å²) in [5, 5.41) is 3.36. The van der Waals surface area contributed by atoms with Gasteiger partial charge in [-0.2, -0.15) is 0 Å². The van der Waals surface area contributed by atoms with Crippen LogP contribution in [0.1, 0.15) is 5.56 Å². The van der Waals surface area contributed by atoms with E-state index in [0.29, 0.717) is 0 Å². The first-order valence-electron chi connectivity index (χ1n) is 6.08. The topological polar surface area (TPSA) is 33.7 Å². The van der Waals surface area contributed by atoms with Crippen LogP contribution in [-0.2, 0) is 6.54 Å². The van der Waals surface area contributed by atoms with E-state index >= 15 is 0 Å². The molecule has 0 aliphatic carbocycles. The predicted octanol–water partition coefficient (Wildman–Crippen LogP) is 2.29. The summed E-state index contributed by atoms with van der Waals surface area (Å²) in [4.78, 5) is 2.43. The summed E-state index contributed by atoms with van der Waals surface area (Å²) in [5.41, 5.74) is 1.23. The van der Waals surface area contributed by atoms with Crippen LogP contribution in [-0.4, -0.2) is 45.3 Å². The number of ether oxygens (including phenoxy) is 2. The molecule has 19 heavy (non-hydrogen) atoms. The number of nitrogens with one attached hydrogen (secondary N) is 1. The molecule has 1 aromatic rings. The molecule has 0 bridgehead atoms. The van der Waals surface area contributed by atoms with Crippen LogP contribution in [0.15, 0.2) is 16.6 Å². The maximum Gasteiger partial charge on any atom is 0.161 e. The van der Waals surface area contributed by atoms with Gasteiger partial charge in [-0.1, -0.05) is 15.9 Å². The summed E-state index contributed by atoms with van der Waals surface area (Å²) < 4.78 is 11.7. The Kier molecular flexibility index (Phi) is 6.93. The molecule has 1 N–H and O–H groups in total. The lowest BCUT2D eigenvalue weighted by molar-refractivity contribution is 0.232. The van der Waals surface area contributed by atoms with Crippen molar-refractivity contribution >= 4 is 28.3 Å². The van der Waals surface area contributed by atoms with Gasteiger partial charge >= 0.3 is 0 Å². The van der Waals surface area contributed by atoms with Gasteiger partial charge in [-0.25, -0.2) is 0 Å². The minimum Gasteiger partial charge on any atom is -0.493 e. The first-order chi connectivity index (χ1) is 8.74. The molecule has 0 unspecified atom stereocenters. The highest BCUT2D eigenvalue weighted by Crippen LogP contribution is 2.33. The highest BCUT2D eigenvalue weighted by atomic mass is 79.9. The van der Waals surface area contributed by atoms with E-state index in [9.17, 15) is 0 Å². The van der Waals surface area contributed by atoms with Crippen LogP contribution >= 0.6 is 28.3 Å². The van der Waals surface area contributed by atoms with Gasteiger partial charge < -0.3 is 14.8 Å². The zero-order valence-electron chi connectivity index (χ0n) is 11.2. The van der Waals surface area contributed by atoms with Crippen molar-refractivity contribution in [3.05, 3.63) is 22.2 Å². The molecule has 1 fully saturated rings. The van der Waals surface area contributed by atoms with E-state index in [2.05, 4.69) is 26.1 Å². The lowest BCUT2D eigenvalue weighted by Crippen LogP contribution is -2.42. The molecule has 0 amide bonds. The third kappa shape index (κ3) is 4.24. The smallest absolute Gasteiger partial charge is 0.161 e. The van der Waals surface area contributed by atoms with Gasteiger partial charge in [-0.05, 0) is 17.7 Å². The molecule has 2 rings (SSSR count). The zero-order chi connectivity index (χ0) is 13.0. The number of hydrogen-bond donors (Lipinski definition) is 1. The molecule has 1 aliphatic rings. The second kappa shape index (κ2) is 7.94. The molecular formula is C13H20BrClN2O2. The van der Waals surface area contributed by atoms with Crippen molar-refractivity contribution in [3.8, 4) is 11.5 Å². The van der Waals surface area contributed by atoms with Crippen LogP contribution in [0.3, 0.4) is 0 Å². The fourth-order valence-electron chi connectivity index (χ4n) is 2.13. The van der Waals surface area contributed by atoms with Crippen LogP contribution < -0.4 is 14.8 Å². The maximum atomic E-state index is 5.34. The summed E-state index contributed by atoms with van der Waals surface area (Å²) >= 11 is 3.60. The van der Waals surface area contributed by atoms with E-state index in [1.807, 2.05) is 12.1 Å². The fourth-order valence-corrected chi connectivity index (χ4v) is 2.58. The third-order valence-corrected chi connectivity index (χ3v) is 3.89. The van der Waals surface area contributed by atoms with Gasteiger partial charge in [-0.3, -0.25) is 4.90 Å². The van der Waals surface area contributed by atoms with Gasteiger partial charge in [0.15, 0.2) is 11.5 Å². The summed E-state index contributed by atoms with van der Waals surface area (Å²) in [6, 6.07) is 4.02. The Labute approximate surface area is 129 Å². The molecule has 1 saturated heterocycles. The minimum atomic E-state index is 0. The van der Waals surface area contributed by atoms with Crippen molar-refractivity contribution in [1.82, 2.24) is 10.2 Å². The van der Waals surface area contributed by atoms with Crippen molar-refractivity contribution in [2.24, 2.45) is 0 Å². The Bertz CT molecular complexity index is 412. The lowest BCUT2D eigenvalue weighted by Gasteiger charge is -2.27. The van der Waals surface area contributed by atoms with Gasteiger partial charge in [0, 0.05) is 37.2 Å². The maximum absolute atomic E-state index is 5.34. The van der Waals surface area contributed by atoms with Gasteiger partial charge in [-0.15, -0.1) is 12.4 Å². The van der Waals surface area contributed by atoms with Crippen LogP contribution in [0.4, 0.5) is 0 Å². The molecular weight excluding hydrogens is 332 g/mol. The first kappa shape index (κ1) is 16.6. The number of hydrogen-bond acceptors (Lipinski definition) is 4. The van der Waals surface area contributed by atoms with Gasteiger partial charge in [0.2, 0.25) is 0 Å². The first-order valence-corrected chi connectivity index (χ1v) is 6.87. The predicted molar refractivity (Wildman–Crippen MR) is 82.6 cm³/mol. The Morgan fingerprint density at radius 2 is 1.74 bits per heavy atom. The highest BCUT2D eigenvalue weighted by Gasteiger charge is 2.14. The summed E-state index contributed by atoms with van der Waals surface area (Å²) in [6.07, 6.45) is 0. The van der Waals surface area contributed by atoms with Crippen molar-refractivity contribution in [2.45, 2.75) is 6.54 Å². The van der Waals surface area contributed by atoms with Gasteiger partial charge in [0.25, 0.3) is 0 Å².